The number of likely N-dealkylation sites (N-methyl/N-ethyl adjacent to an activating group) is 1. The summed E-state index contributed by atoms with van der Waals surface area (Å²) in [7, 11) is 1.91. The van der Waals surface area contributed by atoms with Crippen molar-refractivity contribution < 1.29 is 9.47 Å². The first-order valence-corrected chi connectivity index (χ1v) is 5.75. The number of ether oxygens (including phenoxy) is 2. The lowest BCUT2D eigenvalue weighted by Crippen LogP contribution is -2.40. The van der Waals surface area contributed by atoms with Crippen molar-refractivity contribution in [3.05, 3.63) is 34.3 Å². The monoisotopic (exact) mass is 271 g/mol. The molecule has 0 atom stereocenters. The van der Waals surface area contributed by atoms with Crippen molar-refractivity contribution >= 4 is 15.9 Å². The molecule has 1 aliphatic heterocycles. The van der Waals surface area contributed by atoms with Gasteiger partial charge < -0.3 is 14.8 Å². The minimum atomic E-state index is -0.245. The Kier molecular flexibility index (Phi) is 3.75. The number of hydrogen-bond donors (Lipinski definition) is 1. The van der Waals surface area contributed by atoms with Gasteiger partial charge in [-0.2, -0.15) is 0 Å². The number of hydrogen-bond acceptors (Lipinski definition) is 3. The molecule has 0 radical (unpaired) electrons. The van der Waals surface area contributed by atoms with Gasteiger partial charge >= 0.3 is 0 Å². The Bertz CT molecular complexity index is 324. The zero-order valence-electron chi connectivity index (χ0n) is 8.57. The van der Waals surface area contributed by atoms with Gasteiger partial charge in [-0.05, 0) is 13.1 Å². The summed E-state index contributed by atoms with van der Waals surface area (Å²) in [6.45, 7) is 1.37. The van der Waals surface area contributed by atoms with Crippen LogP contribution < -0.4 is 5.32 Å². The highest BCUT2D eigenvalue weighted by Gasteiger charge is 2.23. The highest BCUT2D eigenvalue weighted by molar-refractivity contribution is 9.10. The van der Waals surface area contributed by atoms with Crippen molar-refractivity contribution in [2.45, 2.75) is 12.3 Å². The summed E-state index contributed by atoms with van der Waals surface area (Å²) < 4.78 is 12.3. The van der Waals surface area contributed by atoms with Crippen LogP contribution in [0.4, 0.5) is 0 Å². The van der Waals surface area contributed by atoms with Crippen LogP contribution in [0.15, 0.2) is 28.7 Å². The van der Waals surface area contributed by atoms with Gasteiger partial charge in [0.1, 0.15) is 0 Å². The predicted octanol–water partition coefficient (Wildman–Crippen LogP) is 2.08. The first kappa shape index (κ1) is 11.1. The van der Waals surface area contributed by atoms with E-state index in [2.05, 4.69) is 21.2 Å². The maximum absolute atomic E-state index is 5.63. The molecule has 0 bridgehead atoms. The molecule has 1 saturated heterocycles. The molecule has 15 heavy (non-hydrogen) atoms. The van der Waals surface area contributed by atoms with Gasteiger partial charge in [-0.15, -0.1) is 0 Å². The van der Waals surface area contributed by atoms with E-state index in [9.17, 15) is 0 Å². The molecule has 2 rings (SSSR count). The average Bonchev–Trinajstić information content (AvgIpc) is 2.30. The molecule has 1 fully saturated rings. The highest BCUT2D eigenvalue weighted by atomic mass is 79.9. The fourth-order valence-corrected chi connectivity index (χ4v) is 1.99. The second kappa shape index (κ2) is 5.07. The van der Waals surface area contributed by atoms with Gasteiger partial charge in [0.25, 0.3) is 0 Å². The Balaban J connectivity index is 2.04. The molecule has 1 aliphatic rings. The van der Waals surface area contributed by atoms with Crippen LogP contribution in [0.2, 0.25) is 0 Å². The Hall–Kier alpha value is -0.420. The largest absolute Gasteiger partial charge is 0.347 e. The van der Waals surface area contributed by atoms with Crippen LogP contribution in [0.25, 0.3) is 0 Å². The fourth-order valence-electron chi connectivity index (χ4n) is 1.52. The Morgan fingerprint density at radius 3 is 2.53 bits per heavy atom. The lowest BCUT2D eigenvalue weighted by atomic mass is 10.2. The summed E-state index contributed by atoms with van der Waals surface area (Å²) in [6.07, 6.45) is -0.245. The first-order valence-electron chi connectivity index (χ1n) is 4.96. The van der Waals surface area contributed by atoms with Gasteiger partial charge in [-0.1, -0.05) is 34.1 Å². The average molecular weight is 272 g/mol. The van der Waals surface area contributed by atoms with Crippen molar-refractivity contribution in [3.63, 3.8) is 0 Å². The molecule has 3 nitrogen and oxygen atoms in total. The van der Waals surface area contributed by atoms with E-state index in [1.807, 2.05) is 31.3 Å². The van der Waals surface area contributed by atoms with E-state index in [-0.39, 0.29) is 6.29 Å². The van der Waals surface area contributed by atoms with Gasteiger partial charge in [0.15, 0.2) is 6.29 Å². The lowest BCUT2D eigenvalue weighted by molar-refractivity contribution is -0.193. The van der Waals surface area contributed by atoms with Crippen molar-refractivity contribution in [1.29, 1.82) is 0 Å². The molecule has 82 valence electrons. The molecule has 0 aliphatic carbocycles. The molecule has 1 N–H and O–H groups in total. The maximum Gasteiger partial charge on any atom is 0.185 e. The summed E-state index contributed by atoms with van der Waals surface area (Å²) in [6, 6.07) is 8.26. The molecule has 0 amide bonds. The number of nitrogens with one attached hydrogen (secondary N) is 1. The quantitative estimate of drug-likeness (QED) is 0.894. The van der Waals surface area contributed by atoms with Crippen molar-refractivity contribution in [2.24, 2.45) is 0 Å². The second-order valence-corrected chi connectivity index (χ2v) is 4.36. The maximum atomic E-state index is 5.63. The predicted molar refractivity (Wildman–Crippen MR) is 61.6 cm³/mol. The Morgan fingerprint density at radius 2 is 1.93 bits per heavy atom. The van der Waals surface area contributed by atoms with Gasteiger partial charge in [0.05, 0.1) is 19.3 Å². The van der Waals surface area contributed by atoms with E-state index in [1.54, 1.807) is 0 Å². The third-order valence-electron chi connectivity index (χ3n) is 2.46. The van der Waals surface area contributed by atoms with Gasteiger partial charge in [0.2, 0.25) is 0 Å². The third-order valence-corrected chi connectivity index (χ3v) is 3.19. The smallest absolute Gasteiger partial charge is 0.185 e. The van der Waals surface area contributed by atoms with Crippen LogP contribution in [0.3, 0.4) is 0 Å². The van der Waals surface area contributed by atoms with Gasteiger partial charge in [-0.25, -0.2) is 0 Å². The van der Waals surface area contributed by atoms with E-state index in [0.717, 1.165) is 10.0 Å². The molecule has 1 aromatic carbocycles. The molecular weight excluding hydrogens is 258 g/mol. The minimum Gasteiger partial charge on any atom is -0.347 e. The lowest BCUT2D eigenvalue weighted by Gasteiger charge is -2.29. The SMILES string of the molecule is CNC1COC(c2ccccc2Br)OC1. The second-order valence-electron chi connectivity index (χ2n) is 3.51. The zero-order chi connectivity index (χ0) is 10.7. The van der Waals surface area contributed by atoms with Crippen molar-refractivity contribution in [3.8, 4) is 0 Å². The van der Waals surface area contributed by atoms with Crippen LogP contribution in [-0.4, -0.2) is 26.3 Å². The molecule has 0 saturated carbocycles. The van der Waals surface area contributed by atoms with Crippen LogP contribution in [0.1, 0.15) is 11.9 Å². The molecule has 4 heteroatoms. The minimum absolute atomic E-state index is 0.245. The number of rotatable bonds is 2. The summed E-state index contributed by atoms with van der Waals surface area (Å²) in [5, 5.41) is 3.13. The summed E-state index contributed by atoms with van der Waals surface area (Å²) in [4.78, 5) is 0. The summed E-state index contributed by atoms with van der Waals surface area (Å²) in [5.41, 5.74) is 1.05. The van der Waals surface area contributed by atoms with E-state index in [4.69, 9.17) is 9.47 Å². The molecule has 0 unspecified atom stereocenters. The zero-order valence-corrected chi connectivity index (χ0v) is 10.2. The topological polar surface area (TPSA) is 30.5 Å². The van der Waals surface area contributed by atoms with E-state index < -0.39 is 0 Å². The molecule has 0 spiro atoms. The first-order chi connectivity index (χ1) is 7.31. The molecular formula is C11H14BrNO2. The number of benzene rings is 1. The highest BCUT2D eigenvalue weighted by Crippen LogP contribution is 2.28. The number of halogens is 1. The normalized spacial score (nSPS) is 26.5. The standard InChI is InChI=1S/C11H14BrNO2/c1-13-8-6-14-11(15-7-8)9-4-2-3-5-10(9)12/h2-5,8,11,13H,6-7H2,1H3. The molecule has 0 aromatic heterocycles. The van der Waals surface area contributed by atoms with Crippen LogP contribution >= 0.6 is 15.9 Å². The van der Waals surface area contributed by atoms with Crippen LogP contribution in [0, 0.1) is 0 Å². The van der Waals surface area contributed by atoms with Gasteiger partial charge in [0, 0.05) is 10.0 Å². The Morgan fingerprint density at radius 1 is 1.27 bits per heavy atom. The van der Waals surface area contributed by atoms with Crippen molar-refractivity contribution in [2.75, 3.05) is 20.3 Å². The summed E-state index contributed by atoms with van der Waals surface area (Å²) >= 11 is 3.49. The fraction of sp³-hybridized carbons (Fsp3) is 0.455. The molecule has 1 heterocycles. The Labute approximate surface area is 97.9 Å². The van der Waals surface area contributed by atoms with Crippen LogP contribution in [-0.2, 0) is 9.47 Å². The van der Waals surface area contributed by atoms with E-state index >= 15 is 0 Å². The van der Waals surface area contributed by atoms with Crippen molar-refractivity contribution in [1.82, 2.24) is 5.32 Å². The van der Waals surface area contributed by atoms with Gasteiger partial charge in [-0.3, -0.25) is 0 Å². The summed E-state index contributed by atoms with van der Waals surface area (Å²) in [5.74, 6) is 0. The van der Waals surface area contributed by atoms with Crippen LogP contribution in [0.5, 0.6) is 0 Å². The molecule has 1 aromatic rings. The third kappa shape index (κ3) is 2.58. The van der Waals surface area contributed by atoms with E-state index in [1.165, 1.54) is 0 Å². The van der Waals surface area contributed by atoms with E-state index in [0.29, 0.717) is 19.3 Å².